The van der Waals surface area contributed by atoms with E-state index in [1.54, 1.807) is 6.08 Å². The van der Waals surface area contributed by atoms with Gasteiger partial charge in [-0.3, -0.25) is 0 Å². The van der Waals surface area contributed by atoms with Crippen molar-refractivity contribution in [2.24, 2.45) is 0 Å². The first-order valence-electron chi connectivity index (χ1n) is 15.4. The van der Waals surface area contributed by atoms with Crippen LogP contribution in [-0.4, -0.2) is 19.9 Å². The van der Waals surface area contributed by atoms with E-state index in [-0.39, 0.29) is 0 Å². The largest absolute Gasteiger partial charge is 0.248 e. The Kier molecular flexibility index (Phi) is 11.8. The minimum Gasteiger partial charge on any atom is -0.248 e. The van der Waals surface area contributed by atoms with Gasteiger partial charge in [-0.2, -0.15) is 0 Å². The lowest BCUT2D eigenvalue weighted by molar-refractivity contribution is 1.03. The summed E-state index contributed by atoms with van der Waals surface area (Å²) in [7, 11) is 0. The molecule has 0 fully saturated rings. The van der Waals surface area contributed by atoms with Gasteiger partial charge in [-0.05, 0) is 42.2 Å². The van der Waals surface area contributed by atoms with Gasteiger partial charge < -0.3 is 0 Å². The normalized spacial score (nSPS) is 11.6. The molecule has 0 N–H and O–H groups in total. The lowest BCUT2D eigenvalue weighted by atomic mass is 9.99. The van der Waals surface area contributed by atoms with Gasteiger partial charge in [-0.1, -0.05) is 155 Å². The zero-order valence-electron chi connectivity index (χ0n) is 26.6. The first kappa shape index (κ1) is 32.4. The molecule has 0 radical (unpaired) electrons. The Morgan fingerprint density at radius 1 is 0.644 bits per heavy atom. The summed E-state index contributed by atoms with van der Waals surface area (Å²) in [4.78, 5) is 19.6. The summed E-state index contributed by atoms with van der Waals surface area (Å²) in [6.07, 6.45) is 12.6. The van der Waals surface area contributed by atoms with Gasteiger partial charge in [-0.15, -0.1) is 0 Å². The molecule has 0 unspecified atom stereocenters. The number of hydrogen-bond acceptors (Lipinski definition) is 4. The first-order chi connectivity index (χ1) is 22.1. The highest BCUT2D eigenvalue weighted by molar-refractivity contribution is 5.80. The zero-order valence-corrected chi connectivity index (χ0v) is 26.6. The third-order valence-electron chi connectivity index (χ3n) is 6.88. The fourth-order valence-electron chi connectivity index (χ4n) is 4.78. The SMILES string of the molecule is C=C/C=C(\C=C)c1cc(-c2ccc(-c3nc(C(/C=C\C)=C/CC)nc(-c4ccccc4)n3)cc2)cc(-c2ccccc2)n1.CC. The summed E-state index contributed by atoms with van der Waals surface area (Å²) < 4.78 is 0. The summed E-state index contributed by atoms with van der Waals surface area (Å²) in [6, 6.07) is 32.8. The van der Waals surface area contributed by atoms with E-state index in [0.29, 0.717) is 17.5 Å². The summed E-state index contributed by atoms with van der Waals surface area (Å²) in [5.74, 6) is 1.93. The summed E-state index contributed by atoms with van der Waals surface area (Å²) in [6.45, 7) is 16.0. The molecule has 0 atom stereocenters. The number of pyridine rings is 1. The Labute approximate surface area is 268 Å². The maximum atomic E-state index is 4.95. The average Bonchev–Trinajstić information content (AvgIpc) is 3.12. The Hall–Kier alpha value is -5.48. The molecule has 5 rings (SSSR count). The molecule has 224 valence electrons. The van der Waals surface area contributed by atoms with Crippen LogP contribution in [0, 0.1) is 0 Å². The van der Waals surface area contributed by atoms with E-state index in [9.17, 15) is 0 Å². The van der Waals surface area contributed by atoms with Crippen LogP contribution in [0.3, 0.4) is 0 Å². The highest BCUT2D eigenvalue weighted by Crippen LogP contribution is 2.31. The standard InChI is InChI=1S/C39H34N4.C2H6/c1-5-15-28(8-4)35-26-34(27-36(40-35)30-18-11-9-12-19-30)29-22-24-33(25-23-29)39-42-37(31(16-6-2)17-7-3)41-38(43-39)32-20-13-10-14-21-32;1-2/h5-6,8-27H,1,4,7H2,2-3H3;1-2H3/b16-6-,28-15+,31-17+;. The van der Waals surface area contributed by atoms with Crippen LogP contribution < -0.4 is 0 Å². The van der Waals surface area contributed by atoms with Gasteiger partial charge in [0.25, 0.3) is 0 Å². The van der Waals surface area contributed by atoms with Crippen molar-refractivity contribution in [1.29, 1.82) is 0 Å². The second kappa shape index (κ2) is 16.4. The van der Waals surface area contributed by atoms with Crippen molar-refractivity contribution in [3.8, 4) is 45.2 Å². The van der Waals surface area contributed by atoms with Crippen LogP contribution in [0.25, 0.3) is 56.3 Å². The molecule has 2 heterocycles. The molecule has 4 nitrogen and oxygen atoms in total. The smallest absolute Gasteiger partial charge is 0.164 e. The molecule has 4 heteroatoms. The quantitative estimate of drug-likeness (QED) is 0.152. The second-order valence-corrected chi connectivity index (χ2v) is 9.87. The van der Waals surface area contributed by atoms with Gasteiger partial charge in [0.05, 0.1) is 11.4 Å². The lowest BCUT2D eigenvalue weighted by Crippen LogP contribution is -2.02. The molecule has 0 saturated carbocycles. The molecule has 0 spiro atoms. The number of benzene rings is 3. The number of rotatable bonds is 10. The molecular formula is C41H40N4. The summed E-state index contributed by atoms with van der Waals surface area (Å²) in [5, 5.41) is 0. The first-order valence-corrected chi connectivity index (χ1v) is 15.4. The minimum absolute atomic E-state index is 0.630. The third-order valence-corrected chi connectivity index (χ3v) is 6.88. The second-order valence-electron chi connectivity index (χ2n) is 9.87. The molecule has 0 bridgehead atoms. The molecular weight excluding hydrogens is 548 g/mol. The fraction of sp³-hybridized carbons (Fsp3) is 0.122. The molecule has 2 aromatic heterocycles. The van der Waals surface area contributed by atoms with E-state index in [0.717, 1.165) is 56.8 Å². The molecule has 5 aromatic rings. The van der Waals surface area contributed by atoms with Gasteiger partial charge >= 0.3 is 0 Å². The van der Waals surface area contributed by atoms with E-state index in [2.05, 4.69) is 74.7 Å². The van der Waals surface area contributed by atoms with E-state index in [1.807, 2.05) is 93.6 Å². The van der Waals surface area contributed by atoms with Crippen molar-refractivity contribution >= 4 is 11.1 Å². The van der Waals surface area contributed by atoms with Gasteiger partial charge in [-0.25, -0.2) is 19.9 Å². The fourth-order valence-corrected chi connectivity index (χ4v) is 4.78. The van der Waals surface area contributed by atoms with E-state index >= 15 is 0 Å². The highest BCUT2D eigenvalue weighted by atomic mass is 15.0. The Morgan fingerprint density at radius 3 is 1.78 bits per heavy atom. The van der Waals surface area contributed by atoms with Crippen LogP contribution in [0.5, 0.6) is 0 Å². The highest BCUT2D eigenvalue weighted by Gasteiger charge is 2.14. The van der Waals surface area contributed by atoms with E-state index in [4.69, 9.17) is 19.9 Å². The molecule has 45 heavy (non-hydrogen) atoms. The van der Waals surface area contributed by atoms with Crippen molar-refractivity contribution in [2.75, 3.05) is 0 Å². The van der Waals surface area contributed by atoms with Crippen molar-refractivity contribution in [3.63, 3.8) is 0 Å². The molecule has 0 aliphatic heterocycles. The van der Waals surface area contributed by atoms with Crippen molar-refractivity contribution in [3.05, 3.63) is 158 Å². The van der Waals surface area contributed by atoms with E-state index in [1.165, 1.54) is 0 Å². The maximum Gasteiger partial charge on any atom is 0.164 e. The van der Waals surface area contributed by atoms with Gasteiger partial charge in [0.1, 0.15) is 0 Å². The van der Waals surface area contributed by atoms with Crippen LogP contribution in [-0.2, 0) is 0 Å². The van der Waals surface area contributed by atoms with Crippen LogP contribution in [0.15, 0.2) is 147 Å². The summed E-state index contributed by atoms with van der Waals surface area (Å²) in [5.41, 5.74) is 8.64. The molecule has 0 amide bonds. The number of aromatic nitrogens is 4. The average molecular weight is 589 g/mol. The predicted molar refractivity (Wildman–Crippen MR) is 192 cm³/mol. The van der Waals surface area contributed by atoms with Crippen LogP contribution in [0.4, 0.5) is 0 Å². The molecule has 0 aliphatic carbocycles. The number of nitrogens with zero attached hydrogens (tertiary/aromatic N) is 4. The van der Waals surface area contributed by atoms with E-state index < -0.39 is 0 Å². The van der Waals surface area contributed by atoms with Crippen molar-refractivity contribution in [2.45, 2.75) is 34.1 Å². The number of hydrogen-bond donors (Lipinski definition) is 0. The predicted octanol–water partition coefficient (Wildman–Crippen LogP) is 11.1. The Balaban J connectivity index is 0.00000226. The third kappa shape index (κ3) is 8.12. The van der Waals surface area contributed by atoms with Gasteiger partial charge in [0, 0.05) is 22.3 Å². The van der Waals surface area contributed by atoms with Crippen LogP contribution in [0.1, 0.15) is 45.6 Å². The summed E-state index contributed by atoms with van der Waals surface area (Å²) >= 11 is 0. The van der Waals surface area contributed by atoms with Crippen molar-refractivity contribution < 1.29 is 0 Å². The monoisotopic (exact) mass is 588 g/mol. The molecule has 0 saturated heterocycles. The Bertz CT molecular complexity index is 1810. The minimum atomic E-state index is 0.630. The molecule has 0 aliphatic rings. The Morgan fingerprint density at radius 2 is 1.22 bits per heavy atom. The topological polar surface area (TPSA) is 51.6 Å². The molecule has 3 aromatic carbocycles. The van der Waals surface area contributed by atoms with Crippen molar-refractivity contribution in [1.82, 2.24) is 19.9 Å². The zero-order chi connectivity index (χ0) is 32.0. The maximum absolute atomic E-state index is 4.95. The van der Waals surface area contributed by atoms with Gasteiger partial charge in [0.15, 0.2) is 17.5 Å². The van der Waals surface area contributed by atoms with Crippen LogP contribution in [0.2, 0.25) is 0 Å². The number of allylic oxidation sites excluding steroid dienone is 8. The van der Waals surface area contributed by atoms with Crippen LogP contribution >= 0.6 is 0 Å². The lowest BCUT2D eigenvalue weighted by Gasteiger charge is -2.12. The van der Waals surface area contributed by atoms with Gasteiger partial charge in [0.2, 0.25) is 0 Å².